The zero-order valence-electron chi connectivity index (χ0n) is 11.7. The molecule has 112 valence electrons. The molecule has 1 atom stereocenters. The lowest BCUT2D eigenvalue weighted by molar-refractivity contribution is 0.153. The van der Waals surface area contributed by atoms with Gasteiger partial charge in [0.25, 0.3) is 0 Å². The Balaban J connectivity index is 2.10. The molecule has 0 aliphatic carbocycles. The number of ether oxygens (including phenoxy) is 1. The molecule has 8 heteroatoms. The van der Waals surface area contributed by atoms with Crippen molar-refractivity contribution in [2.45, 2.75) is 25.3 Å². The van der Waals surface area contributed by atoms with Crippen molar-refractivity contribution in [3.05, 3.63) is 0 Å². The van der Waals surface area contributed by atoms with Gasteiger partial charge in [-0.1, -0.05) is 0 Å². The van der Waals surface area contributed by atoms with Gasteiger partial charge in [0.05, 0.1) is 19.3 Å². The van der Waals surface area contributed by atoms with Crippen LogP contribution in [0.5, 0.6) is 0 Å². The number of aromatic nitrogens is 3. The van der Waals surface area contributed by atoms with Crippen LogP contribution in [0.15, 0.2) is 0 Å². The number of nitrogens with one attached hydrogen (secondary N) is 1. The molecule has 0 spiro atoms. The highest BCUT2D eigenvalue weighted by molar-refractivity contribution is 5.42. The Hall–Kier alpha value is -1.67. The fourth-order valence-corrected chi connectivity index (χ4v) is 2.20. The summed E-state index contributed by atoms with van der Waals surface area (Å²) >= 11 is 0. The van der Waals surface area contributed by atoms with Gasteiger partial charge in [0.1, 0.15) is 0 Å². The first-order valence-electron chi connectivity index (χ1n) is 6.85. The average molecular weight is 282 g/mol. The summed E-state index contributed by atoms with van der Waals surface area (Å²) in [5.74, 6) is 1.14. The van der Waals surface area contributed by atoms with Crippen molar-refractivity contribution in [2.75, 3.05) is 49.4 Å². The van der Waals surface area contributed by atoms with Crippen molar-refractivity contribution in [3.8, 4) is 0 Å². The van der Waals surface area contributed by atoms with Crippen LogP contribution in [-0.2, 0) is 4.74 Å². The fraction of sp³-hybridized carbons (Fsp3) is 0.750. The predicted molar refractivity (Wildman–Crippen MR) is 76.7 cm³/mol. The second-order valence-electron chi connectivity index (χ2n) is 4.84. The van der Waals surface area contributed by atoms with Crippen LogP contribution in [0, 0.1) is 0 Å². The summed E-state index contributed by atoms with van der Waals surface area (Å²) in [6.45, 7) is 2.16. The molecule has 1 fully saturated rings. The van der Waals surface area contributed by atoms with Gasteiger partial charge in [0.15, 0.2) is 0 Å². The topological polar surface area (TPSA) is 109 Å². The summed E-state index contributed by atoms with van der Waals surface area (Å²) in [6, 6.07) is -0.268. The van der Waals surface area contributed by atoms with Gasteiger partial charge in [-0.05, 0) is 19.3 Å². The third-order valence-corrected chi connectivity index (χ3v) is 3.20. The van der Waals surface area contributed by atoms with Gasteiger partial charge in [0, 0.05) is 20.2 Å². The van der Waals surface area contributed by atoms with Crippen LogP contribution in [0.3, 0.4) is 0 Å². The maximum absolute atomic E-state index is 9.25. The molecule has 1 aliphatic rings. The van der Waals surface area contributed by atoms with E-state index in [0.29, 0.717) is 18.5 Å². The van der Waals surface area contributed by atoms with E-state index in [0.717, 1.165) is 25.9 Å². The largest absolute Gasteiger partial charge is 0.394 e. The van der Waals surface area contributed by atoms with Crippen molar-refractivity contribution >= 4 is 17.8 Å². The number of anilines is 3. The van der Waals surface area contributed by atoms with Crippen LogP contribution in [0.2, 0.25) is 0 Å². The maximum Gasteiger partial charge on any atom is 0.231 e. The summed E-state index contributed by atoms with van der Waals surface area (Å²) in [5, 5.41) is 12.3. The van der Waals surface area contributed by atoms with Crippen LogP contribution < -0.4 is 16.0 Å². The molecular weight excluding hydrogens is 260 g/mol. The van der Waals surface area contributed by atoms with Gasteiger partial charge in [-0.15, -0.1) is 0 Å². The van der Waals surface area contributed by atoms with E-state index in [-0.39, 0.29) is 18.6 Å². The Bertz CT molecular complexity index is 424. The molecular formula is C12H22N6O2. The van der Waals surface area contributed by atoms with Crippen molar-refractivity contribution in [3.63, 3.8) is 0 Å². The minimum Gasteiger partial charge on any atom is -0.394 e. The van der Waals surface area contributed by atoms with Gasteiger partial charge < -0.3 is 25.8 Å². The highest BCUT2D eigenvalue weighted by Crippen LogP contribution is 2.17. The highest BCUT2D eigenvalue weighted by atomic mass is 16.5. The maximum atomic E-state index is 9.25. The second-order valence-corrected chi connectivity index (χ2v) is 4.84. The Morgan fingerprint density at radius 1 is 1.30 bits per heavy atom. The molecule has 1 unspecified atom stereocenters. The van der Waals surface area contributed by atoms with Gasteiger partial charge in [-0.25, -0.2) is 0 Å². The van der Waals surface area contributed by atoms with E-state index in [1.807, 2.05) is 0 Å². The van der Waals surface area contributed by atoms with Crippen molar-refractivity contribution in [2.24, 2.45) is 0 Å². The third kappa shape index (κ3) is 3.91. The van der Waals surface area contributed by atoms with Crippen molar-refractivity contribution in [1.29, 1.82) is 0 Å². The summed E-state index contributed by atoms with van der Waals surface area (Å²) in [6.07, 6.45) is 3.51. The molecule has 0 bridgehead atoms. The molecule has 4 N–H and O–H groups in total. The number of nitrogens with zero attached hydrogens (tertiary/aromatic N) is 4. The van der Waals surface area contributed by atoms with Gasteiger partial charge in [0.2, 0.25) is 17.8 Å². The molecule has 1 aromatic rings. The Labute approximate surface area is 118 Å². The third-order valence-electron chi connectivity index (χ3n) is 3.20. The molecule has 0 radical (unpaired) electrons. The van der Waals surface area contributed by atoms with E-state index < -0.39 is 0 Å². The van der Waals surface area contributed by atoms with Gasteiger partial charge in [-0.2, -0.15) is 15.0 Å². The molecule has 0 aromatic carbocycles. The molecule has 0 saturated carbocycles. The number of hydrogen-bond donors (Lipinski definition) is 3. The lowest BCUT2D eigenvalue weighted by Crippen LogP contribution is -2.33. The number of rotatable bonds is 6. The lowest BCUT2D eigenvalue weighted by atomic mass is 10.1. The SMILES string of the molecule is COCC(CO)Nc1nc(N)nc(N2CCCCC2)n1. The van der Waals surface area contributed by atoms with Gasteiger partial charge >= 0.3 is 0 Å². The Kier molecular flexibility index (Phi) is 5.31. The average Bonchev–Trinajstić information content (AvgIpc) is 2.47. The number of nitrogen functional groups attached to an aromatic ring is 1. The molecule has 8 nitrogen and oxygen atoms in total. The molecule has 1 aromatic heterocycles. The lowest BCUT2D eigenvalue weighted by Gasteiger charge is -2.27. The number of methoxy groups -OCH3 is 1. The second kappa shape index (κ2) is 7.20. The highest BCUT2D eigenvalue weighted by Gasteiger charge is 2.16. The minimum atomic E-state index is -0.268. The van der Waals surface area contributed by atoms with E-state index in [9.17, 15) is 5.11 Å². The number of nitrogens with two attached hydrogens (primary N) is 1. The molecule has 1 aliphatic heterocycles. The predicted octanol–water partition coefficient (Wildman–Crippen LogP) is -0.137. The van der Waals surface area contributed by atoms with E-state index in [2.05, 4.69) is 25.2 Å². The standard InChI is InChI=1S/C12H22N6O2/c1-20-8-9(7-19)14-11-15-10(13)16-12(17-11)18-5-3-2-4-6-18/h9,19H,2-8H2,1H3,(H3,13,14,15,16,17). The van der Waals surface area contributed by atoms with Crippen LogP contribution in [0.4, 0.5) is 17.8 Å². The Morgan fingerprint density at radius 2 is 2.05 bits per heavy atom. The van der Waals surface area contributed by atoms with Crippen LogP contribution >= 0.6 is 0 Å². The number of aliphatic hydroxyl groups excluding tert-OH is 1. The number of aliphatic hydroxyl groups is 1. The van der Waals surface area contributed by atoms with E-state index in [1.54, 1.807) is 7.11 Å². The monoisotopic (exact) mass is 282 g/mol. The number of piperidine rings is 1. The van der Waals surface area contributed by atoms with E-state index >= 15 is 0 Å². The van der Waals surface area contributed by atoms with E-state index in [4.69, 9.17) is 10.5 Å². The smallest absolute Gasteiger partial charge is 0.231 e. The zero-order valence-corrected chi connectivity index (χ0v) is 11.7. The van der Waals surface area contributed by atoms with Crippen LogP contribution in [0.1, 0.15) is 19.3 Å². The van der Waals surface area contributed by atoms with Gasteiger partial charge in [-0.3, -0.25) is 0 Å². The van der Waals surface area contributed by atoms with Crippen molar-refractivity contribution in [1.82, 2.24) is 15.0 Å². The normalized spacial score (nSPS) is 17.0. The molecule has 20 heavy (non-hydrogen) atoms. The Morgan fingerprint density at radius 3 is 2.70 bits per heavy atom. The molecule has 1 saturated heterocycles. The van der Waals surface area contributed by atoms with Crippen molar-refractivity contribution < 1.29 is 9.84 Å². The zero-order chi connectivity index (χ0) is 14.4. The molecule has 2 rings (SSSR count). The summed E-state index contributed by atoms with van der Waals surface area (Å²) in [4.78, 5) is 14.7. The first-order chi connectivity index (χ1) is 9.72. The van der Waals surface area contributed by atoms with Crippen LogP contribution in [-0.4, -0.2) is 59.5 Å². The first-order valence-corrected chi connectivity index (χ1v) is 6.85. The summed E-state index contributed by atoms with van der Waals surface area (Å²) < 4.78 is 5.01. The summed E-state index contributed by atoms with van der Waals surface area (Å²) in [7, 11) is 1.57. The van der Waals surface area contributed by atoms with E-state index in [1.165, 1.54) is 6.42 Å². The molecule has 0 amide bonds. The minimum absolute atomic E-state index is 0.0710. The first kappa shape index (κ1) is 14.7. The number of hydrogen-bond acceptors (Lipinski definition) is 8. The fourth-order valence-electron chi connectivity index (χ4n) is 2.20. The summed E-state index contributed by atoms with van der Waals surface area (Å²) in [5.41, 5.74) is 5.73. The molecule has 2 heterocycles. The quantitative estimate of drug-likeness (QED) is 0.661. The van der Waals surface area contributed by atoms with Crippen LogP contribution in [0.25, 0.3) is 0 Å².